The number of aryl methyl sites for hydroxylation is 1. The van der Waals surface area contributed by atoms with E-state index in [9.17, 15) is 37.1 Å². The van der Waals surface area contributed by atoms with Crippen molar-refractivity contribution in [1.82, 2.24) is 29.8 Å². The summed E-state index contributed by atoms with van der Waals surface area (Å²) in [4.78, 5) is 74.3. The van der Waals surface area contributed by atoms with Crippen molar-refractivity contribution in [2.45, 2.75) is 113 Å². The lowest BCUT2D eigenvalue weighted by Crippen LogP contribution is -2.53. The van der Waals surface area contributed by atoms with Crippen LogP contribution < -0.4 is 25.4 Å². The van der Waals surface area contributed by atoms with Crippen molar-refractivity contribution in [3.8, 4) is 22.6 Å². The molecule has 85 heavy (non-hydrogen) atoms. The van der Waals surface area contributed by atoms with Gasteiger partial charge in [0.1, 0.15) is 18.2 Å². The fourth-order valence-corrected chi connectivity index (χ4v) is 13.8. The molecular weight excluding hydrogens is 1130 g/mol. The van der Waals surface area contributed by atoms with Crippen LogP contribution in [0.2, 0.25) is 5.02 Å². The van der Waals surface area contributed by atoms with Crippen LogP contribution in [0.5, 0.6) is 11.5 Å². The second-order valence-electron chi connectivity index (χ2n) is 23.0. The molecule has 1 aliphatic carbocycles. The fourth-order valence-electron chi connectivity index (χ4n) is 13.6. The minimum Gasteiger partial charge on any atom is -0.494 e. The number of rotatable bonds is 14. The molecule has 3 saturated heterocycles. The molecule has 4 aliphatic heterocycles. The highest BCUT2D eigenvalue weighted by Crippen LogP contribution is 2.57. The van der Waals surface area contributed by atoms with Gasteiger partial charge in [0.25, 0.3) is 0 Å². The second-order valence-corrected chi connectivity index (χ2v) is 23.4. The van der Waals surface area contributed by atoms with Crippen molar-refractivity contribution in [1.29, 1.82) is 0 Å². The maximum atomic E-state index is 16.6. The Hall–Kier alpha value is -7.78. The third-order valence-electron chi connectivity index (χ3n) is 18.1. The Balaban J connectivity index is 0.786. The van der Waals surface area contributed by atoms with Gasteiger partial charge in [-0.15, -0.1) is 0 Å². The molecular formula is C63H66ClF5N8O8. The number of alkyl halides is 3. The van der Waals surface area contributed by atoms with E-state index in [0.717, 1.165) is 55.7 Å². The van der Waals surface area contributed by atoms with Gasteiger partial charge in [0.05, 0.1) is 36.2 Å². The number of ether oxygens (including phenoxy) is 3. The number of nitrogens with two attached hydrogens (primary N) is 1. The van der Waals surface area contributed by atoms with Crippen molar-refractivity contribution in [2.24, 2.45) is 18.7 Å². The number of urea groups is 1. The van der Waals surface area contributed by atoms with E-state index in [0.29, 0.717) is 67.7 Å². The lowest BCUT2D eigenvalue weighted by molar-refractivity contribution is -0.138. The summed E-state index contributed by atoms with van der Waals surface area (Å²) in [5, 5.41) is 7.38. The maximum Gasteiger partial charge on any atom is 0.410 e. The van der Waals surface area contributed by atoms with Crippen molar-refractivity contribution < 1.29 is 60.1 Å². The van der Waals surface area contributed by atoms with Gasteiger partial charge in [0.15, 0.2) is 23.0 Å². The number of nitrogens with zero attached hydrogens (tertiary/aromatic N) is 6. The number of piperidine rings is 2. The van der Waals surface area contributed by atoms with Crippen LogP contribution in [-0.2, 0) is 40.0 Å². The van der Waals surface area contributed by atoms with Gasteiger partial charge in [0.2, 0.25) is 17.7 Å². The summed E-state index contributed by atoms with van der Waals surface area (Å²) in [7, 11) is 3.10. The molecule has 5 heterocycles. The minimum atomic E-state index is -4.41. The highest BCUT2D eigenvalue weighted by atomic mass is 35.5. The molecule has 448 valence electrons. The second kappa shape index (κ2) is 23.9. The third kappa shape index (κ3) is 11.7. The van der Waals surface area contributed by atoms with E-state index in [1.54, 1.807) is 46.8 Å². The first kappa shape index (κ1) is 59.0. The SMILES string of the molecule is COc1ccc(C(N)=O)c(-c2c(Cl)c(F)cc3c2C(C)C(CN(C(=O)OCc2ccc(CC(F)(F)F)cc2)C2CCC(C(=O)N4CCC(N5CCC(c6ccc7c(N8CCC(=O)NC8=O)nn(C)c7c6)CC5)CC4)CC2)(c2ccccc2)O3)c1F. The average Bonchev–Trinajstić information content (AvgIpc) is 1.75. The molecule has 11 rings (SSSR count). The van der Waals surface area contributed by atoms with Crippen LogP contribution in [0.4, 0.5) is 37.4 Å². The molecule has 3 N–H and O–H groups in total. The van der Waals surface area contributed by atoms with Gasteiger partial charge in [0, 0.05) is 85.2 Å². The van der Waals surface area contributed by atoms with Gasteiger partial charge < -0.3 is 34.6 Å². The maximum absolute atomic E-state index is 16.6. The number of carbonyl (C=O) groups is 5. The number of hydrogen-bond donors (Lipinski definition) is 2. The Morgan fingerprint density at radius 3 is 2.21 bits per heavy atom. The van der Waals surface area contributed by atoms with E-state index in [4.69, 9.17) is 31.5 Å². The molecule has 6 aromatic rings. The molecule has 5 aliphatic rings. The predicted octanol–water partition coefficient (Wildman–Crippen LogP) is 11.3. The number of aromatic nitrogens is 2. The number of amides is 6. The lowest BCUT2D eigenvalue weighted by Gasteiger charge is -2.44. The zero-order valence-electron chi connectivity index (χ0n) is 47.4. The summed E-state index contributed by atoms with van der Waals surface area (Å²) < 4.78 is 92.6. The fraction of sp³-hybridized carbons (Fsp3) is 0.429. The Labute approximate surface area is 493 Å². The normalized spacial score (nSPS) is 21.6. The number of methoxy groups -OCH3 is 1. The summed E-state index contributed by atoms with van der Waals surface area (Å²) in [5.41, 5.74) is 6.83. The molecule has 5 aromatic carbocycles. The van der Waals surface area contributed by atoms with Crippen molar-refractivity contribution >= 4 is 58.2 Å². The zero-order valence-corrected chi connectivity index (χ0v) is 48.1. The van der Waals surface area contributed by atoms with Gasteiger partial charge >= 0.3 is 18.3 Å². The number of primary amides is 1. The number of anilines is 1. The highest BCUT2D eigenvalue weighted by Gasteiger charge is 2.53. The zero-order chi connectivity index (χ0) is 60.1. The van der Waals surface area contributed by atoms with Crippen LogP contribution in [0.3, 0.4) is 0 Å². The van der Waals surface area contributed by atoms with Gasteiger partial charge in [-0.2, -0.15) is 18.3 Å². The Kier molecular flexibility index (Phi) is 16.6. The molecule has 0 radical (unpaired) electrons. The number of benzene rings is 5. The van der Waals surface area contributed by atoms with E-state index in [2.05, 4.69) is 27.4 Å². The largest absolute Gasteiger partial charge is 0.494 e. The van der Waals surface area contributed by atoms with Crippen molar-refractivity contribution in [2.75, 3.05) is 51.3 Å². The molecule has 2 atom stereocenters. The topological polar surface area (TPSA) is 182 Å². The lowest BCUT2D eigenvalue weighted by atomic mass is 9.76. The van der Waals surface area contributed by atoms with Crippen LogP contribution >= 0.6 is 11.6 Å². The van der Waals surface area contributed by atoms with Gasteiger partial charge in [-0.3, -0.25) is 29.3 Å². The smallest absolute Gasteiger partial charge is 0.410 e. The van der Waals surface area contributed by atoms with E-state index in [1.807, 2.05) is 18.0 Å². The summed E-state index contributed by atoms with van der Waals surface area (Å²) in [6, 6.07) is 23.8. The van der Waals surface area contributed by atoms with Gasteiger partial charge in [-0.1, -0.05) is 79.2 Å². The molecule has 6 amide bonds. The van der Waals surface area contributed by atoms with Crippen LogP contribution in [0.1, 0.15) is 115 Å². The van der Waals surface area contributed by atoms with E-state index >= 15 is 8.78 Å². The summed E-state index contributed by atoms with van der Waals surface area (Å²) in [6.45, 7) is 4.62. The molecule has 1 aromatic heterocycles. The number of halogens is 6. The Morgan fingerprint density at radius 2 is 1.55 bits per heavy atom. The standard InChI is InChI=1S/C63H66ClF5N8O8/c1-36-52-50(32-47(65)55(64)54(52)53-46(57(70)79)19-20-49(83-3)56(53)66)85-62(36,42-7-5-4-6-8-42)35-77(61(82)84-34-38-11-9-37(10-12-38)33-63(67,68)69)44-16-13-40(14-17-44)59(80)75-28-23-43(24-29-75)74-26-21-39(22-27-74)41-15-18-45-48(31-41)73(2)72-58(45)76-30-25-51(78)71-60(76)81/h4-12,15,18-20,31-32,36,39-40,43-44H,13-14,16-17,21-30,33-35H2,1-3H3,(H2,70,79)(H,71,78,81). The number of imide groups is 1. The first-order valence-electron chi connectivity index (χ1n) is 28.8. The van der Waals surface area contributed by atoms with Crippen LogP contribution in [-0.4, -0.2) is 119 Å². The Bertz CT molecular complexity index is 3550. The number of carbonyl (C=O) groups excluding carboxylic acids is 5. The number of nitrogens with one attached hydrogen (secondary N) is 1. The molecule has 1 saturated carbocycles. The summed E-state index contributed by atoms with van der Waals surface area (Å²) >= 11 is 6.80. The van der Waals surface area contributed by atoms with Crippen molar-refractivity contribution in [3.05, 3.63) is 141 Å². The predicted molar refractivity (Wildman–Crippen MR) is 307 cm³/mol. The van der Waals surface area contributed by atoms with Crippen LogP contribution in [0.15, 0.2) is 91.0 Å². The minimum absolute atomic E-state index is 0.0250. The van der Waals surface area contributed by atoms with Crippen molar-refractivity contribution in [3.63, 3.8) is 0 Å². The molecule has 16 nitrogen and oxygen atoms in total. The molecule has 0 spiro atoms. The quantitative estimate of drug-likeness (QED) is 0.0996. The van der Waals surface area contributed by atoms with Crippen LogP contribution in [0, 0.1) is 17.6 Å². The molecule has 2 unspecified atom stereocenters. The number of fused-ring (bicyclic) bond motifs is 2. The monoisotopic (exact) mass is 1190 g/mol. The molecule has 4 fully saturated rings. The number of hydrogen-bond acceptors (Lipinski definition) is 10. The van der Waals surface area contributed by atoms with E-state index in [-0.39, 0.29) is 77.6 Å². The third-order valence-corrected chi connectivity index (χ3v) is 18.5. The summed E-state index contributed by atoms with van der Waals surface area (Å²) in [6.07, 6.45) is -0.789. The van der Waals surface area contributed by atoms with Gasteiger partial charge in [-0.05, 0) is 117 Å². The van der Waals surface area contributed by atoms with Gasteiger partial charge in [-0.25, -0.2) is 18.4 Å². The average molecular weight is 1190 g/mol. The van der Waals surface area contributed by atoms with E-state index in [1.165, 1.54) is 54.0 Å². The molecule has 22 heteroatoms. The highest BCUT2D eigenvalue weighted by molar-refractivity contribution is 6.34. The Morgan fingerprint density at radius 1 is 0.859 bits per heavy atom. The van der Waals surface area contributed by atoms with Crippen LogP contribution in [0.25, 0.3) is 22.0 Å². The van der Waals surface area contributed by atoms with E-state index < -0.39 is 70.4 Å². The first-order valence-corrected chi connectivity index (χ1v) is 29.2. The summed E-state index contributed by atoms with van der Waals surface area (Å²) in [5.74, 6) is -3.80. The molecule has 0 bridgehead atoms. The first-order chi connectivity index (χ1) is 40.7. The number of likely N-dealkylation sites (tertiary alicyclic amines) is 2.